The first kappa shape index (κ1) is 21.7. The number of hydrogen-bond acceptors (Lipinski definition) is 5. The van der Waals surface area contributed by atoms with Gasteiger partial charge in [-0.05, 0) is 50.1 Å². The van der Waals surface area contributed by atoms with Crippen molar-refractivity contribution in [1.29, 1.82) is 0 Å². The average molecular weight is 437 g/mol. The molecular weight excluding hydrogens is 412 g/mol. The molecule has 156 valence electrons. The molecule has 0 unspecified atom stereocenters. The molecule has 1 N–H and O–H groups in total. The normalized spacial score (nSPS) is 17.1. The number of sulfonamides is 1. The molecule has 0 radical (unpaired) electrons. The van der Waals surface area contributed by atoms with E-state index >= 15 is 0 Å². The number of anilines is 1. The van der Waals surface area contributed by atoms with Crippen molar-refractivity contribution in [3.05, 3.63) is 52.7 Å². The van der Waals surface area contributed by atoms with Gasteiger partial charge in [0.05, 0.1) is 16.0 Å². The Morgan fingerprint density at radius 3 is 2.45 bits per heavy atom. The van der Waals surface area contributed by atoms with Crippen molar-refractivity contribution in [3.8, 4) is 0 Å². The topological polar surface area (TPSA) is 82.6 Å². The van der Waals surface area contributed by atoms with Crippen LogP contribution in [0.4, 0.5) is 5.82 Å². The summed E-state index contributed by atoms with van der Waals surface area (Å²) >= 11 is 5.81. The average Bonchev–Trinajstić information content (AvgIpc) is 2.71. The predicted molar refractivity (Wildman–Crippen MR) is 114 cm³/mol. The second-order valence-corrected chi connectivity index (χ2v) is 9.58. The Morgan fingerprint density at radius 2 is 1.83 bits per heavy atom. The van der Waals surface area contributed by atoms with Gasteiger partial charge in [-0.15, -0.1) is 0 Å². The van der Waals surface area contributed by atoms with Crippen molar-refractivity contribution in [1.82, 2.24) is 14.2 Å². The Labute approximate surface area is 176 Å². The molecule has 1 aliphatic heterocycles. The number of amides is 1. The van der Waals surface area contributed by atoms with Gasteiger partial charge in [-0.1, -0.05) is 23.7 Å². The van der Waals surface area contributed by atoms with Crippen molar-refractivity contribution < 1.29 is 13.2 Å². The van der Waals surface area contributed by atoms with Gasteiger partial charge < -0.3 is 5.32 Å². The van der Waals surface area contributed by atoms with Crippen LogP contribution in [0, 0.1) is 13.8 Å². The Morgan fingerprint density at radius 1 is 1.14 bits per heavy atom. The molecule has 0 bridgehead atoms. The van der Waals surface area contributed by atoms with Crippen LogP contribution < -0.4 is 5.32 Å². The summed E-state index contributed by atoms with van der Waals surface area (Å²) in [6.45, 7) is 7.13. The summed E-state index contributed by atoms with van der Waals surface area (Å²) in [5, 5.41) is 3.26. The molecule has 7 nitrogen and oxygen atoms in total. The van der Waals surface area contributed by atoms with Crippen molar-refractivity contribution in [3.63, 3.8) is 0 Å². The number of pyridine rings is 1. The Bertz CT molecular complexity index is 987. The van der Waals surface area contributed by atoms with E-state index in [1.807, 2.05) is 24.0 Å². The molecular formula is C20H25ClN4O3S. The van der Waals surface area contributed by atoms with Gasteiger partial charge in [0.25, 0.3) is 0 Å². The van der Waals surface area contributed by atoms with Crippen LogP contribution in [-0.4, -0.2) is 60.7 Å². The van der Waals surface area contributed by atoms with Crippen LogP contribution in [0.25, 0.3) is 0 Å². The van der Waals surface area contributed by atoms with Crippen molar-refractivity contribution >= 4 is 33.3 Å². The highest BCUT2D eigenvalue weighted by Crippen LogP contribution is 2.23. The maximum Gasteiger partial charge on any atom is 0.243 e. The highest BCUT2D eigenvalue weighted by Gasteiger charge is 2.32. The van der Waals surface area contributed by atoms with E-state index in [0.717, 1.165) is 11.1 Å². The Kier molecular flexibility index (Phi) is 6.58. The molecule has 3 rings (SSSR count). The number of nitrogens with zero attached hydrogens (tertiary/aromatic N) is 3. The third-order valence-electron chi connectivity index (χ3n) is 5.14. The maximum absolute atomic E-state index is 13.0. The lowest BCUT2D eigenvalue weighted by Gasteiger charge is -2.36. The number of benzene rings is 1. The minimum atomic E-state index is -3.55. The fourth-order valence-corrected chi connectivity index (χ4v) is 5.15. The summed E-state index contributed by atoms with van der Waals surface area (Å²) in [7, 11) is -3.55. The molecule has 1 saturated heterocycles. The van der Waals surface area contributed by atoms with Crippen LogP contribution in [0.15, 0.2) is 41.4 Å². The fourth-order valence-electron chi connectivity index (χ4n) is 3.30. The standard InChI is InChI=1S/C20H25ClN4O3S/c1-14-4-5-15(2)18(12-14)29(27,28)25-10-8-24(9-11-25)16(3)20(26)23-19-7-6-17(21)13-22-19/h4-7,12-13,16H,8-11H2,1-3H3,(H,22,23,26)/t16-/m0/s1. The van der Waals surface area contributed by atoms with Crippen LogP contribution in [0.2, 0.25) is 5.02 Å². The lowest BCUT2D eigenvalue weighted by molar-refractivity contribution is -0.121. The molecule has 2 heterocycles. The Balaban J connectivity index is 1.62. The third kappa shape index (κ3) is 4.95. The Hall–Kier alpha value is -2.00. The highest BCUT2D eigenvalue weighted by atomic mass is 35.5. The van der Waals surface area contributed by atoms with E-state index in [1.165, 1.54) is 10.5 Å². The zero-order valence-corrected chi connectivity index (χ0v) is 18.3. The van der Waals surface area contributed by atoms with Gasteiger partial charge in [-0.2, -0.15) is 4.31 Å². The summed E-state index contributed by atoms with van der Waals surface area (Å²) in [5.41, 5.74) is 1.65. The second kappa shape index (κ2) is 8.79. The molecule has 0 aliphatic carbocycles. The molecule has 1 fully saturated rings. The molecule has 0 spiro atoms. The molecule has 1 aromatic carbocycles. The summed E-state index contributed by atoms with van der Waals surface area (Å²) in [6, 6.07) is 8.34. The van der Waals surface area contributed by atoms with E-state index < -0.39 is 16.1 Å². The predicted octanol–water partition coefficient (Wildman–Crippen LogP) is 2.69. The van der Waals surface area contributed by atoms with E-state index in [-0.39, 0.29) is 5.91 Å². The van der Waals surface area contributed by atoms with Gasteiger partial charge in [-0.25, -0.2) is 13.4 Å². The lowest BCUT2D eigenvalue weighted by atomic mass is 10.2. The van der Waals surface area contributed by atoms with E-state index in [4.69, 9.17) is 11.6 Å². The number of piperazine rings is 1. The summed E-state index contributed by atoms with van der Waals surface area (Å²) in [6.07, 6.45) is 1.47. The van der Waals surface area contributed by atoms with Gasteiger partial charge in [0.1, 0.15) is 5.82 Å². The van der Waals surface area contributed by atoms with Crippen LogP contribution in [0.3, 0.4) is 0 Å². The molecule has 1 amide bonds. The number of halogens is 1. The SMILES string of the molecule is Cc1ccc(C)c(S(=O)(=O)N2CCN([C@@H](C)C(=O)Nc3ccc(Cl)cn3)CC2)c1. The summed E-state index contributed by atoms with van der Waals surface area (Å²) in [4.78, 5) is 18.9. The van der Waals surface area contributed by atoms with Gasteiger partial charge in [0, 0.05) is 32.4 Å². The fraction of sp³-hybridized carbons (Fsp3) is 0.400. The largest absolute Gasteiger partial charge is 0.309 e. The van der Waals surface area contributed by atoms with E-state index in [0.29, 0.717) is 41.9 Å². The quantitative estimate of drug-likeness (QED) is 0.779. The molecule has 2 aromatic rings. The van der Waals surface area contributed by atoms with E-state index in [2.05, 4.69) is 10.3 Å². The number of aryl methyl sites for hydroxylation is 2. The van der Waals surface area contributed by atoms with Crippen LogP contribution in [-0.2, 0) is 14.8 Å². The first-order valence-corrected chi connectivity index (χ1v) is 11.2. The van der Waals surface area contributed by atoms with E-state index in [1.54, 1.807) is 32.0 Å². The van der Waals surface area contributed by atoms with Crippen LogP contribution >= 0.6 is 11.6 Å². The summed E-state index contributed by atoms with van der Waals surface area (Å²) < 4.78 is 27.6. The first-order chi connectivity index (χ1) is 13.7. The molecule has 9 heteroatoms. The van der Waals surface area contributed by atoms with Gasteiger partial charge in [-0.3, -0.25) is 9.69 Å². The number of carbonyl (C=O) groups is 1. The lowest BCUT2D eigenvalue weighted by Crippen LogP contribution is -2.54. The van der Waals surface area contributed by atoms with Crippen molar-refractivity contribution in [2.75, 3.05) is 31.5 Å². The van der Waals surface area contributed by atoms with Crippen LogP contribution in [0.1, 0.15) is 18.1 Å². The van der Waals surface area contributed by atoms with Crippen LogP contribution in [0.5, 0.6) is 0 Å². The molecule has 1 atom stereocenters. The number of hydrogen-bond donors (Lipinski definition) is 1. The van der Waals surface area contributed by atoms with Gasteiger partial charge in [0.2, 0.25) is 15.9 Å². The number of nitrogens with one attached hydrogen (secondary N) is 1. The summed E-state index contributed by atoms with van der Waals surface area (Å²) in [5.74, 6) is 0.244. The number of rotatable bonds is 5. The third-order valence-corrected chi connectivity index (χ3v) is 7.40. The maximum atomic E-state index is 13.0. The smallest absolute Gasteiger partial charge is 0.243 e. The zero-order chi connectivity index (χ0) is 21.2. The van der Waals surface area contributed by atoms with E-state index in [9.17, 15) is 13.2 Å². The molecule has 1 aromatic heterocycles. The molecule has 0 saturated carbocycles. The van der Waals surface area contributed by atoms with Gasteiger partial charge >= 0.3 is 0 Å². The van der Waals surface area contributed by atoms with Crippen molar-refractivity contribution in [2.45, 2.75) is 31.7 Å². The highest BCUT2D eigenvalue weighted by molar-refractivity contribution is 7.89. The number of aromatic nitrogens is 1. The second-order valence-electron chi connectivity index (χ2n) is 7.24. The molecule has 1 aliphatic rings. The monoisotopic (exact) mass is 436 g/mol. The van der Waals surface area contributed by atoms with Gasteiger partial charge in [0.15, 0.2) is 0 Å². The number of carbonyl (C=O) groups excluding carboxylic acids is 1. The molecule has 29 heavy (non-hydrogen) atoms. The minimum absolute atomic E-state index is 0.189. The minimum Gasteiger partial charge on any atom is -0.309 e. The zero-order valence-electron chi connectivity index (χ0n) is 16.7. The first-order valence-electron chi connectivity index (χ1n) is 9.42. The van der Waals surface area contributed by atoms with Crippen molar-refractivity contribution in [2.24, 2.45) is 0 Å².